The Morgan fingerprint density at radius 3 is 2.60 bits per heavy atom. The SMILES string of the molecule is O=C(N/N=C/c1cc(Cl)ccc1O)C(=O)Nc1ccccc1C(=O)N1CCOCC1. The number of benzene rings is 2. The Hall–Kier alpha value is -3.43. The summed E-state index contributed by atoms with van der Waals surface area (Å²) in [5.41, 5.74) is 2.82. The lowest BCUT2D eigenvalue weighted by Gasteiger charge is -2.27. The van der Waals surface area contributed by atoms with Crippen LogP contribution in [0.25, 0.3) is 0 Å². The second kappa shape index (κ2) is 9.86. The number of carbonyl (C=O) groups excluding carboxylic acids is 3. The van der Waals surface area contributed by atoms with Crippen LogP contribution in [0, 0.1) is 0 Å². The van der Waals surface area contributed by atoms with Crippen molar-refractivity contribution in [3.05, 3.63) is 58.6 Å². The Kier molecular flexibility index (Phi) is 6.99. The number of phenols is 1. The van der Waals surface area contributed by atoms with E-state index in [9.17, 15) is 19.5 Å². The first kappa shape index (κ1) is 21.3. The van der Waals surface area contributed by atoms with Gasteiger partial charge in [0.1, 0.15) is 5.75 Å². The number of aromatic hydroxyl groups is 1. The van der Waals surface area contributed by atoms with E-state index in [0.717, 1.165) is 6.21 Å². The lowest BCUT2D eigenvalue weighted by Crippen LogP contribution is -2.41. The van der Waals surface area contributed by atoms with Gasteiger partial charge in [-0.25, -0.2) is 5.43 Å². The van der Waals surface area contributed by atoms with Gasteiger partial charge in [0.05, 0.1) is 30.7 Å². The predicted molar refractivity (Wildman–Crippen MR) is 111 cm³/mol. The van der Waals surface area contributed by atoms with E-state index in [-0.39, 0.29) is 28.5 Å². The van der Waals surface area contributed by atoms with Gasteiger partial charge in [0.2, 0.25) is 0 Å². The van der Waals surface area contributed by atoms with E-state index < -0.39 is 11.8 Å². The fourth-order valence-electron chi connectivity index (χ4n) is 2.73. The molecule has 1 saturated heterocycles. The van der Waals surface area contributed by atoms with Crippen LogP contribution in [-0.2, 0) is 14.3 Å². The highest BCUT2D eigenvalue weighted by atomic mass is 35.5. The normalized spacial score (nSPS) is 13.8. The summed E-state index contributed by atoms with van der Waals surface area (Å²) in [6, 6.07) is 10.7. The van der Waals surface area contributed by atoms with Crippen molar-refractivity contribution >= 4 is 41.2 Å². The summed E-state index contributed by atoms with van der Waals surface area (Å²) in [6.07, 6.45) is 1.16. The first-order valence-corrected chi connectivity index (χ1v) is 9.42. The van der Waals surface area contributed by atoms with E-state index in [1.54, 1.807) is 23.1 Å². The summed E-state index contributed by atoms with van der Waals surface area (Å²) < 4.78 is 5.24. The summed E-state index contributed by atoms with van der Waals surface area (Å²) in [7, 11) is 0. The zero-order valence-corrected chi connectivity index (χ0v) is 16.6. The number of hydrogen-bond acceptors (Lipinski definition) is 6. The van der Waals surface area contributed by atoms with Crippen molar-refractivity contribution in [1.82, 2.24) is 10.3 Å². The molecule has 0 spiro atoms. The Bertz CT molecular complexity index is 989. The largest absolute Gasteiger partial charge is 0.507 e. The van der Waals surface area contributed by atoms with E-state index in [0.29, 0.717) is 31.3 Å². The lowest BCUT2D eigenvalue weighted by molar-refractivity contribution is -0.136. The van der Waals surface area contributed by atoms with Gasteiger partial charge in [0, 0.05) is 23.7 Å². The third kappa shape index (κ3) is 5.34. The number of para-hydroxylation sites is 1. The van der Waals surface area contributed by atoms with Gasteiger partial charge in [-0.15, -0.1) is 0 Å². The second-order valence-electron chi connectivity index (χ2n) is 6.31. The monoisotopic (exact) mass is 430 g/mol. The van der Waals surface area contributed by atoms with E-state index in [2.05, 4.69) is 15.8 Å². The summed E-state index contributed by atoms with van der Waals surface area (Å²) in [4.78, 5) is 38.6. The molecule has 3 rings (SSSR count). The standard InChI is InChI=1S/C20H19ClN4O5/c21-14-5-6-17(26)13(11-14)12-22-24-19(28)18(27)23-16-4-2-1-3-15(16)20(29)25-7-9-30-10-8-25/h1-6,11-12,26H,7-10H2,(H,23,27)(H,24,28)/b22-12+. The van der Waals surface area contributed by atoms with E-state index in [4.69, 9.17) is 16.3 Å². The van der Waals surface area contributed by atoms with Crippen molar-refractivity contribution in [2.45, 2.75) is 0 Å². The summed E-state index contributed by atoms with van der Waals surface area (Å²) >= 11 is 5.83. The number of nitrogens with zero attached hydrogens (tertiary/aromatic N) is 2. The van der Waals surface area contributed by atoms with Crippen LogP contribution in [0.5, 0.6) is 5.75 Å². The van der Waals surface area contributed by atoms with Crippen molar-refractivity contribution < 1.29 is 24.2 Å². The molecule has 0 bridgehead atoms. The van der Waals surface area contributed by atoms with Gasteiger partial charge in [-0.2, -0.15) is 5.10 Å². The zero-order valence-electron chi connectivity index (χ0n) is 15.8. The van der Waals surface area contributed by atoms with Crippen molar-refractivity contribution in [3.8, 4) is 5.75 Å². The van der Waals surface area contributed by atoms with Gasteiger partial charge < -0.3 is 20.1 Å². The fourth-order valence-corrected chi connectivity index (χ4v) is 2.92. The molecule has 9 nitrogen and oxygen atoms in total. The number of morpholine rings is 1. The molecule has 10 heteroatoms. The summed E-state index contributed by atoms with van der Waals surface area (Å²) in [5, 5.41) is 16.2. The average molecular weight is 431 g/mol. The number of hydrogen-bond donors (Lipinski definition) is 3. The molecular weight excluding hydrogens is 412 g/mol. The van der Waals surface area contributed by atoms with Crippen LogP contribution in [0.1, 0.15) is 15.9 Å². The molecule has 0 aliphatic carbocycles. The summed E-state index contributed by atoms with van der Waals surface area (Å²) in [5.74, 6) is -2.38. The molecule has 0 radical (unpaired) electrons. The topological polar surface area (TPSA) is 120 Å². The fraction of sp³-hybridized carbons (Fsp3) is 0.200. The first-order chi connectivity index (χ1) is 14.5. The number of amides is 3. The molecule has 1 heterocycles. The molecule has 0 unspecified atom stereocenters. The second-order valence-corrected chi connectivity index (χ2v) is 6.74. The maximum atomic E-state index is 12.7. The Morgan fingerprint density at radius 2 is 1.83 bits per heavy atom. The minimum atomic E-state index is -1.04. The van der Waals surface area contributed by atoms with Gasteiger partial charge in [-0.3, -0.25) is 14.4 Å². The van der Waals surface area contributed by atoms with Gasteiger partial charge in [-0.1, -0.05) is 23.7 Å². The molecule has 0 aromatic heterocycles. The first-order valence-electron chi connectivity index (χ1n) is 9.04. The van der Waals surface area contributed by atoms with Gasteiger partial charge in [-0.05, 0) is 30.3 Å². The summed E-state index contributed by atoms with van der Waals surface area (Å²) in [6.45, 7) is 1.80. The molecule has 0 atom stereocenters. The minimum absolute atomic E-state index is 0.0857. The van der Waals surface area contributed by atoms with Crippen LogP contribution in [0.2, 0.25) is 5.02 Å². The lowest BCUT2D eigenvalue weighted by atomic mass is 10.1. The molecule has 1 fully saturated rings. The maximum Gasteiger partial charge on any atom is 0.329 e. The van der Waals surface area contributed by atoms with Crippen molar-refractivity contribution in [2.75, 3.05) is 31.6 Å². The Balaban J connectivity index is 1.64. The number of nitrogens with one attached hydrogen (secondary N) is 2. The molecule has 1 aliphatic heterocycles. The van der Waals surface area contributed by atoms with Crippen LogP contribution in [-0.4, -0.2) is 60.2 Å². The molecule has 0 saturated carbocycles. The molecule has 3 N–H and O–H groups in total. The number of rotatable bonds is 4. The number of halogens is 1. The highest BCUT2D eigenvalue weighted by molar-refractivity contribution is 6.40. The van der Waals surface area contributed by atoms with Gasteiger partial charge in [0.25, 0.3) is 5.91 Å². The average Bonchev–Trinajstić information content (AvgIpc) is 2.76. The van der Waals surface area contributed by atoms with Crippen LogP contribution >= 0.6 is 11.6 Å². The Morgan fingerprint density at radius 1 is 1.10 bits per heavy atom. The molecule has 30 heavy (non-hydrogen) atoms. The van der Waals surface area contributed by atoms with E-state index >= 15 is 0 Å². The maximum absolute atomic E-state index is 12.7. The van der Waals surface area contributed by atoms with Crippen molar-refractivity contribution in [1.29, 1.82) is 0 Å². The quantitative estimate of drug-likeness (QED) is 0.386. The third-order valence-electron chi connectivity index (χ3n) is 4.27. The predicted octanol–water partition coefficient (Wildman–Crippen LogP) is 1.61. The highest BCUT2D eigenvalue weighted by Gasteiger charge is 2.22. The molecular formula is C20H19ClN4O5. The third-order valence-corrected chi connectivity index (χ3v) is 4.50. The van der Waals surface area contributed by atoms with E-state index in [1.807, 2.05) is 0 Å². The van der Waals surface area contributed by atoms with Crippen LogP contribution < -0.4 is 10.7 Å². The number of carbonyl (C=O) groups is 3. The molecule has 2 aromatic carbocycles. The van der Waals surface area contributed by atoms with Crippen molar-refractivity contribution in [3.63, 3.8) is 0 Å². The zero-order chi connectivity index (χ0) is 21.5. The number of hydrazone groups is 1. The van der Waals surface area contributed by atoms with Crippen LogP contribution in [0.15, 0.2) is 47.6 Å². The van der Waals surface area contributed by atoms with Crippen LogP contribution in [0.4, 0.5) is 5.69 Å². The van der Waals surface area contributed by atoms with E-state index in [1.165, 1.54) is 24.3 Å². The molecule has 156 valence electrons. The number of ether oxygens (including phenoxy) is 1. The Labute approximate surface area is 177 Å². The molecule has 1 aliphatic rings. The molecule has 2 aromatic rings. The minimum Gasteiger partial charge on any atom is -0.507 e. The smallest absolute Gasteiger partial charge is 0.329 e. The highest BCUT2D eigenvalue weighted by Crippen LogP contribution is 2.20. The van der Waals surface area contributed by atoms with Gasteiger partial charge >= 0.3 is 11.8 Å². The number of anilines is 1. The molecule has 3 amide bonds. The van der Waals surface area contributed by atoms with Crippen molar-refractivity contribution in [2.24, 2.45) is 5.10 Å². The van der Waals surface area contributed by atoms with Gasteiger partial charge in [0.15, 0.2) is 0 Å². The van der Waals surface area contributed by atoms with Crippen LogP contribution in [0.3, 0.4) is 0 Å². The number of phenolic OH excluding ortho intramolecular Hbond substituents is 1.